The van der Waals surface area contributed by atoms with Gasteiger partial charge < -0.3 is 14.2 Å². The lowest BCUT2D eigenvalue weighted by Gasteiger charge is -2.32. The molecule has 4 heteroatoms. The van der Waals surface area contributed by atoms with Crippen molar-refractivity contribution in [2.75, 3.05) is 6.61 Å². The van der Waals surface area contributed by atoms with Crippen LogP contribution in [-0.4, -0.2) is 23.6 Å². The third-order valence-electron chi connectivity index (χ3n) is 4.64. The van der Waals surface area contributed by atoms with Gasteiger partial charge in [-0.2, -0.15) is 0 Å². The molecular weight excluding hydrogens is 424 g/mol. The summed E-state index contributed by atoms with van der Waals surface area (Å²) in [4.78, 5) is 12.8. The fourth-order valence-electron chi connectivity index (χ4n) is 3.23. The first-order chi connectivity index (χ1) is 15.6. The fraction of sp³-hybridized carbons (Fsp3) is 0.433. The van der Waals surface area contributed by atoms with Crippen molar-refractivity contribution < 1.29 is 19.0 Å². The molecule has 0 fully saturated rings. The molecule has 0 aliphatic heterocycles. The van der Waals surface area contributed by atoms with Crippen molar-refractivity contribution in [1.29, 1.82) is 0 Å². The fourth-order valence-corrected chi connectivity index (χ4v) is 3.23. The average molecular weight is 465 g/mol. The van der Waals surface area contributed by atoms with Crippen molar-refractivity contribution in [1.82, 2.24) is 0 Å². The molecule has 0 N–H and O–H groups in total. The maximum atomic E-state index is 12.8. The van der Waals surface area contributed by atoms with Crippen LogP contribution in [0.1, 0.15) is 83.8 Å². The van der Waals surface area contributed by atoms with E-state index in [9.17, 15) is 4.79 Å². The quantitative estimate of drug-likeness (QED) is 0.227. The third kappa shape index (κ3) is 8.40. The number of carbonyl (C=O) groups is 1. The van der Waals surface area contributed by atoms with Gasteiger partial charge in [0.2, 0.25) is 0 Å². The molecule has 0 saturated carbocycles. The molecule has 0 atom stereocenters. The maximum absolute atomic E-state index is 12.8. The molecule has 0 bridgehead atoms. The van der Waals surface area contributed by atoms with Crippen molar-refractivity contribution >= 4 is 11.9 Å². The number of hydrogen-bond donors (Lipinski definition) is 0. The number of benzene rings is 2. The molecule has 0 spiro atoms. The Morgan fingerprint density at radius 2 is 1.47 bits per heavy atom. The zero-order valence-electron chi connectivity index (χ0n) is 22.2. The maximum Gasteiger partial charge on any atom is 0.185 e. The standard InChI is InChI=1S/C30H40O4/c1-11-18-32-23-15-13-22(14-16-23)25(31)17-12-21-19-24(28(2,3)4)27(34-30(8,9)10)26(20-21)33-29(5,6)7/h11-17,19-20H,1,18H2,2-10H3/b17-12+. The Kier molecular flexibility index (Phi) is 8.41. The molecule has 2 rings (SSSR count). The highest BCUT2D eigenvalue weighted by Gasteiger charge is 2.28. The number of ether oxygens (including phenoxy) is 3. The summed E-state index contributed by atoms with van der Waals surface area (Å²) < 4.78 is 18.2. The molecule has 4 nitrogen and oxygen atoms in total. The highest BCUT2D eigenvalue weighted by Crippen LogP contribution is 2.43. The van der Waals surface area contributed by atoms with Gasteiger partial charge in [0.05, 0.1) is 0 Å². The molecule has 0 saturated heterocycles. The van der Waals surface area contributed by atoms with Crippen molar-refractivity contribution in [3.63, 3.8) is 0 Å². The summed E-state index contributed by atoms with van der Waals surface area (Å²) in [6, 6.07) is 11.1. The van der Waals surface area contributed by atoms with Gasteiger partial charge in [-0.3, -0.25) is 4.79 Å². The first kappa shape index (κ1) is 27.2. The highest BCUT2D eigenvalue weighted by molar-refractivity contribution is 6.06. The second-order valence-corrected chi connectivity index (χ2v) is 11.4. The summed E-state index contributed by atoms with van der Waals surface area (Å²) >= 11 is 0. The van der Waals surface area contributed by atoms with Crippen LogP contribution < -0.4 is 14.2 Å². The molecule has 34 heavy (non-hydrogen) atoms. The minimum absolute atomic E-state index is 0.0825. The summed E-state index contributed by atoms with van der Waals surface area (Å²) in [6.07, 6.45) is 5.10. The van der Waals surface area contributed by atoms with Gasteiger partial charge in [0.25, 0.3) is 0 Å². The van der Waals surface area contributed by atoms with E-state index in [1.807, 2.05) is 53.7 Å². The van der Waals surface area contributed by atoms with E-state index in [4.69, 9.17) is 14.2 Å². The monoisotopic (exact) mass is 464 g/mol. The van der Waals surface area contributed by atoms with E-state index in [0.29, 0.717) is 23.7 Å². The Bertz CT molecular complexity index is 1020. The molecule has 0 amide bonds. The van der Waals surface area contributed by atoms with Crippen LogP contribution in [0.4, 0.5) is 0 Å². The Labute approximate surface area is 205 Å². The lowest BCUT2D eigenvalue weighted by Crippen LogP contribution is -2.28. The number of carbonyl (C=O) groups excluding carboxylic acids is 1. The number of hydrogen-bond acceptors (Lipinski definition) is 4. The molecule has 2 aromatic carbocycles. The van der Waals surface area contributed by atoms with E-state index < -0.39 is 5.60 Å². The molecule has 184 valence electrons. The van der Waals surface area contributed by atoms with Gasteiger partial charge in [0.15, 0.2) is 17.3 Å². The minimum atomic E-state index is -0.404. The topological polar surface area (TPSA) is 44.8 Å². The van der Waals surface area contributed by atoms with E-state index in [-0.39, 0.29) is 16.8 Å². The lowest BCUT2D eigenvalue weighted by atomic mass is 9.84. The molecular formula is C30H40O4. The van der Waals surface area contributed by atoms with Crippen LogP contribution in [-0.2, 0) is 5.41 Å². The summed E-state index contributed by atoms with van der Waals surface area (Å²) in [5, 5.41) is 0. The zero-order valence-corrected chi connectivity index (χ0v) is 22.2. The highest BCUT2D eigenvalue weighted by atomic mass is 16.5. The van der Waals surface area contributed by atoms with Crippen LogP contribution in [0.15, 0.2) is 55.1 Å². The Morgan fingerprint density at radius 3 is 1.97 bits per heavy atom. The molecule has 0 heterocycles. The summed E-state index contributed by atoms with van der Waals surface area (Å²) in [7, 11) is 0. The zero-order chi connectivity index (χ0) is 25.7. The van der Waals surface area contributed by atoms with E-state index in [0.717, 1.165) is 16.9 Å². The number of allylic oxidation sites excluding steroid dienone is 1. The second kappa shape index (κ2) is 10.5. The summed E-state index contributed by atoms with van der Waals surface area (Å²) in [5.41, 5.74) is 1.52. The largest absolute Gasteiger partial charge is 0.490 e. The summed E-state index contributed by atoms with van der Waals surface area (Å²) in [5.74, 6) is 2.04. The predicted molar refractivity (Wildman–Crippen MR) is 141 cm³/mol. The van der Waals surface area contributed by atoms with Crippen LogP contribution in [0.3, 0.4) is 0 Å². The van der Waals surface area contributed by atoms with Crippen LogP contribution in [0.2, 0.25) is 0 Å². The van der Waals surface area contributed by atoms with Crippen LogP contribution in [0, 0.1) is 0 Å². The van der Waals surface area contributed by atoms with Crippen molar-refractivity contribution in [3.8, 4) is 17.2 Å². The second-order valence-electron chi connectivity index (χ2n) is 11.4. The van der Waals surface area contributed by atoms with Gasteiger partial charge in [0.1, 0.15) is 23.6 Å². The predicted octanol–water partition coefficient (Wildman–Crippen LogP) is 7.80. The SMILES string of the molecule is C=CCOc1ccc(C(=O)/C=C/c2cc(OC(C)(C)C)c(OC(C)(C)C)c(C(C)(C)C)c2)cc1. The minimum Gasteiger partial charge on any atom is -0.490 e. The number of rotatable bonds is 8. The van der Waals surface area contributed by atoms with Crippen LogP contribution in [0.5, 0.6) is 17.2 Å². The van der Waals surface area contributed by atoms with E-state index in [1.165, 1.54) is 0 Å². The molecule has 0 aliphatic carbocycles. The van der Waals surface area contributed by atoms with Crippen LogP contribution >= 0.6 is 0 Å². The first-order valence-electron chi connectivity index (χ1n) is 11.7. The smallest absolute Gasteiger partial charge is 0.185 e. The lowest BCUT2D eigenvalue weighted by molar-refractivity contribution is 0.0935. The van der Waals surface area contributed by atoms with Gasteiger partial charge in [-0.1, -0.05) is 39.5 Å². The van der Waals surface area contributed by atoms with Crippen molar-refractivity contribution in [2.24, 2.45) is 0 Å². The molecule has 0 aliphatic rings. The Balaban J connectivity index is 2.46. The first-order valence-corrected chi connectivity index (χ1v) is 11.7. The molecule has 2 aromatic rings. The summed E-state index contributed by atoms with van der Waals surface area (Å²) in [6.45, 7) is 22.6. The third-order valence-corrected chi connectivity index (χ3v) is 4.64. The normalized spacial score (nSPS) is 12.5. The Morgan fingerprint density at radius 1 is 0.882 bits per heavy atom. The van der Waals surface area contributed by atoms with Gasteiger partial charge in [-0.05, 0) is 95.0 Å². The van der Waals surface area contributed by atoms with E-state index in [1.54, 1.807) is 36.4 Å². The molecule has 0 unspecified atom stereocenters. The number of ketones is 1. The average Bonchev–Trinajstić information content (AvgIpc) is 2.69. The van der Waals surface area contributed by atoms with Gasteiger partial charge >= 0.3 is 0 Å². The van der Waals surface area contributed by atoms with Crippen molar-refractivity contribution in [2.45, 2.75) is 78.9 Å². The van der Waals surface area contributed by atoms with Gasteiger partial charge in [0, 0.05) is 11.1 Å². The van der Waals surface area contributed by atoms with E-state index in [2.05, 4.69) is 33.4 Å². The molecule has 0 radical (unpaired) electrons. The van der Waals surface area contributed by atoms with Crippen LogP contribution in [0.25, 0.3) is 6.08 Å². The van der Waals surface area contributed by atoms with Gasteiger partial charge in [-0.15, -0.1) is 0 Å². The van der Waals surface area contributed by atoms with Gasteiger partial charge in [-0.25, -0.2) is 0 Å². The van der Waals surface area contributed by atoms with Crippen molar-refractivity contribution in [3.05, 3.63) is 71.8 Å². The molecule has 0 aromatic heterocycles. The Hall–Kier alpha value is -3.01. The van der Waals surface area contributed by atoms with E-state index >= 15 is 0 Å².